The smallest absolute Gasteiger partial charge is 0.339 e. The molecule has 0 atom stereocenters. The van der Waals surface area contributed by atoms with Crippen LogP contribution in [0.25, 0.3) is 0 Å². The van der Waals surface area contributed by atoms with Crippen molar-refractivity contribution >= 4 is 40.7 Å². The van der Waals surface area contributed by atoms with Gasteiger partial charge in [-0.25, -0.2) is 4.79 Å². The van der Waals surface area contributed by atoms with Gasteiger partial charge in [-0.2, -0.15) is 0 Å². The molecule has 0 aliphatic heterocycles. The van der Waals surface area contributed by atoms with Gasteiger partial charge < -0.3 is 4.74 Å². The van der Waals surface area contributed by atoms with E-state index in [-0.39, 0.29) is 0 Å². The van der Waals surface area contributed by atoms with Gasteiger partial charge in [-0.1, -0.05) is 72.3 Å². The SMILES string of the molecule is COC(=O)c1ccc(C[P+](c2ccccc2)(c2ccccc2)c2ccccc2)cc1Cl. The topological polar surface area (TPSA) is 26.3 Å². The molecule has 154 valence electrons. The minimum absolute atomic E-state index is 0.385. The summed E-state index contributed by atoms with van der Waals surface area (Å²) in [5.41, 5.74) is 1.47. The first kappa shape index (κ1) is 21.3. The van der Waals surface area contributed by atoms with Crippen molar-refractivity contribution in [2.24, 2.45) is 0 Å². The molecule has 0 amide bonds. The molecule has 0 aliphatic rings. The van der Waals surface area contributed by atoms with Gasteiger partial charge in [-0.3, -0.25) is 0 Å². The van der Waals surface area contributed by atoms with Gasteiger partial charge in [0, 0.05) is 0 Å². The van der Waals surface area contributed by atoms with E-state index in [9.17, 15) is 4.79 Å². The van der Waals surface area contributed by atoms with Crippen LogP contribution < -0.4 is 15.9 Å². The van der Waals surface area contributed by atoms with E-state index in [4.69, 9.17) is 16.3 Å². The summed E-state index contributed by atoms with van der Waals surface area (Å²) in [5.74, 6) is -0.424. The molecule has 31 heavy (non-hydrogen) atoms. The van der Waals surface area contributed by atoms with E-state index in [2.05, 4.69) is 91.0 Å². The molecule has 4 aromatic rings. The van der Waals surface area contributed by atoms with Crippen LogP contribution in [0.3, 0.4) is 0 Å². The van der Waals surface area contributed by atoms with Crippen molar-refractivity contribution in [1.29, 1.82) is 0 Å². The van der Waals surface area contributed by atoms with Crippen LogP contribution in [0.4, 0.5) is 0 Å². The molecule has 2 nitrogen and oxygen atoms in total. The Morgan fingerprint density at radius 2 is 1.19 bits per heavy atom. The van der Waals surface area contributed by atoms with Crippen LogP contribution >= 0.6 is 18.9 Å². The maximum Gasteiger partial charge on any atom is 0.339 e. The Hall–Kier alpha value is -2.93. The van der Waals surface area contributed by atoms with Gasteiger partial charge in [-0.15, -0.1) is 0 Å². The molecule has 0 aromatic heterocycles. The second kappa shape index (κ2) is 9.47. The monoisotopic (exact) mass is 445 g/mol. The highest BCUT2D eigenvalue weighted by Crippen LogP contribution is 2.58. The van der Waals surface area contributed by atoms with E-state index in [0.29, 0.717) is 10.6 Å². The largest absolute Gasteiger partial charge is 0.465 e. The fraction of sp³-hybridized carbons (Fsp3) is 0.0741. The van der Waals surface area contributed by atoms with Gasteiger partial charge in [0.15, 0.2) is 0 Å². The molecule has 0 bridgehead atoms. The Labute approximate surface area is 188 Å². The Kier molecular flexibility index (Phi) is 6.51. The molecule has 0 heterocycles. The first-order valence-electron chi connectivity index (χ1n) is 10.1. The molecular weight excluding hydrogens is 423 g/mol. The lowest BCUT2D eigenvalue weighted by molar-refractivity contribution is 0.0601. The van der Waals surface area contributed by atoms with Crippen LogP contribution in [0, 0.1) is 0 Å². The van der Waals surface area contributed by atoms with E-state index >= 15 is 0 Å². The van der Waals surface area contributed by atoms with Crippen LogP contribution in [-0.4, -0.2) is 13.1 Å². The number of carbonyl (C=O) groups is 1. The Bertz CT molecular complexity index is 1070. The number of ether oxygens (including phenoxy) is 1. The number of benzene rings is 4. The van der Waals surface area contributed by atoms with E-state index in [1.54, 1.807) is 6.07 Å². The van der Waals surface area contributed by atoms with Gasteiger partial charge in [0.2, 0.25) is 0 Å². The van der Waals surface area contributed by atoms with Crippen molar-refractivity contribution in [2.75, 3.05) is 7.11 Å². The molecule has 4 heteroatoms. The third-order valence-corrected chi connectivity index (χ3v) is 10.1. The van der Waals surface area contributed by atoms with Crippen molar-refractivity contribution in [2.45, 2.75) is 6.16 Å². The number of rotatable bonds is 6. The number of carbonyl (C=O) groups excluding carboxylic acids is 1. The lowest BCUT2D eigenvalue weighted by atomic mass is 10.1. The summed E-state index contributed by atoms with van der Waals surface area (Å²) in [6.07, 6.45) is 0.798. The van der Waals surface area contributed by atoms with Gasteiger partial charge >= 0.3 is 5.97 Å². The first-order chi connectivity index (χ1) is 15.1. The standard InChI is InChI=1S/C27H23ClO2P/c1-30-27(29)25-18-17-21(19-26(25)28)20-31(22-11-5-2-6-12-22,23-13-7-3-8-14-23)24-15-9-4-10-16-24/h2-19H,20H2,1H3/q+1. The summed E-state index contributed by atoms with van der Waals surface area (Å²) in [4.78, 5) is 12.0. The fourth-order valence-corrected chi connectivity index (χ4v) is 8.48. The molecule has 0 radical (unpaired) electrons. The molecule has 0 saturated heterocycles. The molecule has 0 aliphatic carbocycles. The maximum atomic E-state index is 12.0. The fourth-order valence-electron chi connectivity index (χ4n) is 3.97. The lowest BCUT2D eigenvalue weighted by Gasteiger charge is -2.28. The summed E-state index contributed by atoms with van der Waals surface area (Å²) < 4.78 is 4.85. The Balaban J connectivity index is 1.93. The highest BCUT2D eigenvalue weighted by Gasteiger charge is 2.45. The van der Waals surface area contributed by atoms with Crippen molar-refractivity contribution in [3.8, 4) is 0 Å². The number of hydrogen-bond acceptors (Lipinski definition) is 2. The van der Waals surface area contributed by atoms with E-state index in [1.165, 1.54) is 23.0 Å². The van der Waals surface area contributed by atoms with Crippen molar-refractivity contribution in [1.82, 2.24) is 0 Å². The summed E-state index contributed by atoms with van der Waals surface area (Å²) in [7, 11) is -0.651. The molecule has 4 rings (SSSR count). The van der Waals surface area contributed by atoms with E-state index in [1.807, 2.05) is 12.1 Å². The van der Waals surface area contributed by atoms with Crippen LogP contribution in [0.5, 0.6) is 0 Å². The summed E-state index contributed by atoms with van der Waals surface area (Å²) in [5, 5.41) is 4.33. The first-order valence-corrected chi connectivity index (χ1v) is 12.4. The summed E-state index contributed by atoms with van der Waals surface area (Å²) in [6, 6.07) is 37.7. The molecule has 0 spiro atoms. The zero-order valence-electron chi connectivity index (χ0n) is 17.2. The van der Waals surface area contributed by atoms with Crippen LogP contribution in [0.15, 0.2) is 109 Å². The number of hydrogen-bond donors (Lipinski definition) is 0. The van der Waals surface area contributed by atoms with E-state index < -0.39 is 13.2 Å². The zero-order chi connectivity index (χ0) is 21.7. The highest BCUT2D eigenvalue weighted by atomic mass is 35.5. The average molecular weight is 446 g/mol. The van der Waals surface area contributed by atoms with Crippen LogP contribution in [0.2, 0.25) is 5.02 Å². The molecule has 0 fully saturated rings. The van der Waals surface area contributed by atoms with Crippen LogP contribution in [-0.2, 0) is 10.9 Å². The molecule has 0 N–H and O–H groups in total. The third-order valence-electron chi connectivity index (χ3n) is 5.45. The van der Waals surface area contributed by atoms with Crippen molar-refractivity contribution in [3.05, 3.63) is 125 Å². The minimum atomic E-state index is -2.02. The summed E-state index contributed by atoms with van der Waals surface area (Å²) >= 11 is 6.48. The van der Waals surface area contributed by atoms with Gasteiger partial charge in [0.25, 0.3) is 0 Å². The maximum absolute atomic E-state index is 12.0. The Morgan fingerprint density at radius 3 is 1.58 bits per heavy atom. The zero-order valence-corrected chi connectivity index (χ0v) is 18.9. The summed E-state index contributed by atoms with van der Waals surface area (Å²) in [6.45, 7) is 0. The normalized spacial score (nSPS) is 11.2. The number of halogens is 1. The Morgan fingerprint density at radius 1 is 0.742 bits per heavy atom. The van der Waals surface area contributed by atoms with Crippen molar-refractivity contribution in [3.63, 3.8) is 0 Å². The predicted molar refractivity (Wildman–Crippen MR) is 132 cm³/mol. The average Bonchev–Trinajstić information content (AvgIpc) is 2.84. The number of methoxy groups -OCH3 is 1. The highest BCUT2D eigenvalue weighted by molar-refractivity contribution is 7.95. The van der Waals surface area contributed by atoms with E-state index in [0.717, 1.165) is 11.7 Å². The second-order valence-corrected chi connectivity index (χ2v) is 11.2. The number of esters is 1. The molecular formula is C27H23ClO2P+. The third kappa shape index (κ3) is 4.28. The van der Waals surface area contributed by atoms with Gasteiger partial charge in [-0.05, 0) is 54.1 Å². The van der Waals surface area contributed by atoms with Gasteiger partial charge in [0.05, 0.1) is 23.9 Å². The molecule has 4 aromatic carbocycles. The van der Waals surface area contributed by atoms with Gasteiger partial charge in [0.1, 0.15) is 23.2 Å². The second-order valence-electron chi connectivity index (χ2n) is 7.28. The minimum Gasteiger partial charge on any atom is -0.465 e. The van der Waals surface area contributed by atoms with Crippen molar-refractivity contribution < 1.29 is 9.53 Å². The van der Waals surface area contributed by atoms with Crippen LogP contribution in [0.1, 0.15) is 15.9 Å². The predicted octanol–water partition coefficient (Wildman–Crippen LogP) is 5.62. The molecule has 0 saturated carbocycles. The quantitative estimate of drug-likeness (QED) is 0.284. The molecule has 0 unspecified atom stereocenters. The lowest BCUT2D eigenvalue weighted by Crippen LogP contribution is -2.32.